The predicted octanol–water partition coefficient (Wildman–Crippen LogP) is 3.69. The van der Waals surface area contributed by atoms with Crippen molar-refractivity contribution in [1.82, 2.24) is 4.72 Å². The van der Waals surface area contributed by atoms with Gasteiger partial charge in [-0.2, -0.15) is 13.2 Å². The zero-order valence-electron chi connectivity index (χ0n) is 26.7. The molecule has 5 aliphatic carbocycles. The minimum absolute atomic E-state index is 0.122. The number of hydrogen-bond acceptors (Lipinski definition) is 9. The molecule has 5 saturated carbocycles. The Morgan fingerprint density at radius 2 is 1.71 bits per heavy atom. The Morgan fingerprint density at radius 1 is 1.06 bits per heavy atom. The summed E-state index contributed by atoms with van der Waals surface area (Å²) in [6.07, 6.45) is -4.93. The molecule has 7 fully saturated rings. The lowest BCUT2D eigenvalue weighted by atomic mass is 9.36. The van der Waals surface area contributed by atoms with E-state index in [1.165, 1.54) is 0 Å². The van der Waals surface area contributed by atoms with Gasteiger partial charge >= 0.3 is 12.1 Å². The Balaban J connectivity index is 1.10. The van der Waals surface area contributed by atoms with Crippen LogP contribution in [0.2, 0.25) is 0 Å². The second-order valence-electron chi connectivity index (χ2n) is 15.4. The number of fused-ring (bicyclic) bond motifs is 2. The molecule has 4 bridgehead atoms. The molecule has 8 rings (SSSR count). The number of Topliss-reactive ketones (excluding diaryl/α,β-unsaturated/α-hetero) is 2. The minimum atomic E-state index is -4.60. The fourth-order valence-electron chi connectivity index (χ4n) is 10.5. The van der Waals surface area contributed by atoms with Gasteiger partial charge in [0.15, 0.2) is 5.78 Å². The van der Waals surface area contributed by atoms with Gasteiger partial charge in [0.2, 0.25) is 15.8 Å². The molecule has 0 radical (unpaired) electrons. The smallest absolute Gasteiger partial charge is 0.416 e. The van der Waals surface area contributed by atoms with Gasteiger partial charge < -0.3 is 19.7 Å². The van der Waals surface area contributed by atoms with Gasteiger partial charge in [-0.1, -0.05) is 20.4 Å². The average Bonchev–Trinajstić information content (AvgIpc) is 3.13. The topological polar surface area (TPSA) is 156 Å². The minimum Gasteiger partial charge on any atom is -0.460 e. The summed E-state index contributed by atoms with van der Waals surface area (Å²) < 4.78 is 79.2. The van der Waals surface area contributed by atoms with Crippen LogP contribution in [0, 0.1) is 39.9 Å². The molecular formula is C34H40F3NO9S. The Hall–Kier alpha value is -2.65. The fourth-order valence-corrected chi connectivity index (χ4v) is 11.8. The van der Waals surface area contributed by atoms with E-state index in [2.05, 4.69) is 11.3 Å². The number of aliphatic hydroxyl groups excluding tert-OH is 1. The first-order valence-electron chi connectivity index (χ1n) is 16.5. The van der Waals surface area contributed by atoms with Crippen molar-refractivity contribution in [3.05, 3.63) is 42.0 Å². The highest BCUT2D eigenvalue weighted by Gasteiger charge is 2.88. The van der Waals surface area contributed by atoms with Crippen LogP contribution in [0.4, 0.5) is 13.2 Å². The summed E-state index contributed by atoms with van der Waals surface area (Å²) in [6.45, 7) is 7.77. The van der Waals surface area contributed by atoms with E-state index >= 15 is 0 Å². The van der Waals surface area contributed by atoms with E-state index < -0.39 is 97.5 Å². The molecule has 0 amide bonds. The second-order valence-corrected chi connectivity index (χ2v) is 17.1. The number of sulfonamides is 1. The molecule has 2 aliphatic heterocycles. The maximum absolute atomic E-state index is 14.3. The van der Waals surface area contributed by atoms with Crippen LogP contribution in [0.3, 0.4) is 0 Å². The molecule has 1 aromatic rings. The van der Waals surface area contributed by atoms with E-state index in [9.17, 15) is 46.2 Å². The number of alkyl halides is 3. The number of ether oxygens (including phenoxy) is 2. The maximum Gasteiger partial charge on any atom is 0.416 e. The zero-order valence-corrected chi connectivity index (χ0v) is 27.5. The zero-order chi connectivity index (χ0) is 34.8. The number of aliphatic hydroxyl groups is 2. The molecule has 1 aromatic carbocycles. The first-order valence-corrected chi connectivity index (χ1v) is 18.0. The molecule has 262 valence electrons. The molecular weight excluding hydrogens is 655 g/mol. The first-order chi connectivity index (χ1) is 22.3. The third-order valence-electron chi connectivity index (χ3n) is 12.7. The summed E-state index contributed by atoms with van der Waals surface area (Å²) in [5.41, 5.74) is -4.49. The monoisotopic (exact) mass is 695 g/mol. The van der Waals surface area contributed by atoms with Crippen molar-refractivity contribution in [3.63, 3.8) is 0 Å². The molecule has 14 heteroatoms. The van der Waals surface area contributed by atoms with Crippen molar-refractivity contribution < 1.29 is 55.7 Å². The average molecular weight is 696 g/mol. The van der Waals surface area contributed by atoms with Crippen molar-refractivity contribution in [2.45, 2.75) is 100 Å². The van der Waals surface area contributed by atoms with Gasteiger partial charge in [0.1, 0.15) is 23.4 Å². The molecule has 10 nitrogen and oxygen atoms in total. The number of esters is 1. The van der Waals surface area contributed by atoms with Crippen LogP contribution in [0.5, 0.6) is 0 Å². The highest BCUT2D eigenvalue weighted by atomic mass is 32.2. The van der Waals surface area contributed by atoms with E-state index in [-0.39, 0.29) is 55.0 Å². The number of rotatable bonds is 5. The van der Waals surface area contributed by atoms with Crippen LogP contribution in [0.1, 0.15) is 70.8 Å². The Morgan fingerprint density at radius 3 is 2.33 bits per heavy atom. The van der Waals surface area contributed by atoms with Crippen LogP contribution in [0.25, 0.3) is 0 Å². The van der Waals surface area contributed by atoms with Crippen molar-refractivity contribution in [3.8, 4) is 0 Å². The molecule has 2 saturated heterocycles. The van der Waals surface area contributed by atoms with E-state index in [1.807, 2.05) is 13.8 Å². The summed E-state index contributed by atoms with van der Waals surface area (Å²) in [4.78, 5) is 41.7. The van der Waals surface area contributed by atoms with Crippen molar-refractivity contribution >= 4 is 27.6 Å². The van der Waals surface area contributed by atoms with E-state index in [1.54, 1.807) is 0 Å². The number of ketones is 2. The lowest BCUT2D eigenvalue weighted by Gasteiger charge is -2.73. The molecule has 7 aliphatic rings. The van der Waals surface area contributed by atoms with Gasteiger partial charge in [0, 0.05) is 24.3 Å². The first kappa shape index (κ1) is 33.8. The van der Waals surface area contributed by atoms with Crippen LogP contribution < -0.4 is 4.72 Å². The summed E-state index contributed by atoms with van der Waals surface area (Å²) in [5.74, 6) is -6.43. The van der Waals surface area contributed by atoms with Crippen LogP contribution >= 0.6 is 0 Å². The van der Waals surface area contributed by atoms with Crippen LogP contribution in [-0.4, -0.2) is 66.8 Å². The Kier molecular flexibility index (Phi) is 7.52. The van der Waals surface area contributed by atoms with Gasteiger partial charge in [0.05, 0.1) is 28.4 Å². The number of nitrogens with one attached hydrogen (secondary N) is 1. The number of carbonyl (C=O) groups is 3. The molecule has 0 unspecified atom stereocenters. The van der Waals surface area contributed by atoms with Crippen molar-refractivity contribution in [2.75, 3.05) is 6.61 Å². The second kappa shape index (κ2) is 10.7. The van der Waals surface area contributed by atoms with Gasteiger partial charge in [-0.3, -0.25) is 14.4 Å². The summed E-state index contributed by atoms with van der Waals surface area (Å²) in [6, 6.07) is 2.61. The number of carbonyl (C=O) groups excluding carboxylic acids is 3. The predicted molar refractivity (Wildman–Crippen MR) is 161 cm³/mol. The summed E-state index contributed by atoms with van der Waals surface area (Å²) in [7, 11) is -4.13. The fraction of sp³-hybridized carbons (Fsp3) is 0.676. The van der Waals surface area contributed by atoms with E-state index in [4.69, 9.17) is 9.47 Å². The third kappa shape index (κ3) is 4.37. The highest BCUT2D eigenvalue weighted by molar-refractivity contribution is 7.89. The molecule has 2 spiro atoms. The molecule has 8 atom stereocenters. The number of benzene rings is 1. The molecule has 0 aromatic heterocycles. The lowest BCUT2D eigenvalue weighted by molar-refractivity contribution is -0.437. The van der Waals surface area contributed by atoms with E-state index in [0.29, 0.717) is 31.4 Å². The van der Waals surface area contributed by atoms with Gasteiger partial charge in [-0.05, 0) is 86.1 Å². The molecule has 3 N–H and O–H groups in total. The van der Waals surface area contributed by atoms with Crippen molar-refractivity contribution in [2.24, 2.45) is 39.9 Å². The quantitative estimate of drug-likeness (QED) is 0.309. The van der Waals surface area contributed by atoms with Gasteiger partial charge in [-0.25, -0.2) is 13.1 Å². The molecule has 2 heterocycles. The normalized spacial score (nSPS) is 41.9. The maximum atomic E-state index is 14.3. The van der Waals surface area contributed by atoms with Crippen LogP contribution in [0.15, 0.2) is 41.3 Å². The van der Waals surface area contributed by atoms with Crippen molar-refractivity contribution in [1.29, 1.82) is 0 Å². The van der Waals surface area contributed by atoms with Crippen LogP contribution in [-0.2, 0) is 40.1 Å². The van der Waals surface area contributed by atoms with E-state index in [0.717, 1.165) is 12.1 Å². The number of hydrogen-bond donors (Lipinski definition) is 3. The molecule has 48 heavy (non-hydrogen) atoms. The Labute approximate surface area is 276 Å². The SMILES string of the molecule is C=C1C(=O)[C@]23[C@H](OC(=O)C4CCC(NS(=O)(=O)c5ccc(C(F)(F)F)cc5)CC4)[C@H]1CC[C@H]2[C@@]12CO[C@@]3(O)[C@@H](O)[C@@H]1C(C)(C)CCC2=O. The summed E-state index contributed by atoms with van der Waals surface area (Å²) >= 11 is 0. The van der Waals surface area contributed by atoms with Gasteiger partial charge in [-0.15, -0.1) is 0 Å². The number of halogens is 3. The Bertz CT molecular complexity index is 1690. The highest BCUT2D eigenvalue weighted by Crippen LogP contribution is 2.76. The standard InChI is InChI=1S/C34H40F3NO9S/c1-17-22-12-13-23-31-16-46-33(43,27(41)25(31)30(2,3)15-14-24(31)39)32(23,26(17)40)28(22)47-29(42)18-4-8-20(9-5-18)38-48(44,45)21-10-6-19(7-11-21)34(35,36)37/h6-7,10-11,18,20,22-23,25,27-28,38,41,43H,1,4-5,8-9,12-16H2,2-3H3/t18?,20?,22-,23-,25+,27-,28+,31+,32-,33-/m0/s1. The van der Waals surface area contributed by atoms with Gasteiger partial charge in [0.25, 0.3) is 0 Å². The third-order valence-corrected chi connectivity index (χ3v) is 14.3. The summed E-state index contributed by atoms with van der Waals surface area (Å²) in [5, 5.41) is 24.2. The largest absolute Gasteiger partial charge is 0.460 e. The lowest BCUT2D eigenvalue weighted by Crippen LogP contribution is -2.85.